The van der Waals surface area contributed by atoms with Crippen LogP contribution in [0, 0.1) is 19.3 Å². The molecule has 0 bridgehead atoms. The fourth-order valence-corrected chi connectivity index (χ4v) is 4.30. The predicted molar refractivity (Wildman–Crippen MR) is 136 cm³/mol. The van der Waals surface area contributed by atoms with E-state index in [1.165, 1.54) is 6.33 Å². The molecule has 174 valence electrons. The molecule has 9 nitrogen and oxygen atoms in total. The second kappa shape index (κ2) is 8.21. The van der Waals surface area contributed by atoms with Crippen molar-refractivity contribution in [1.29, 1.82) is 0 Å². The van der Waals surface area contributed by atoms with Crippen LogP contribution in [0.15, 0.2) is 65.5 Å². The zero-order valence-corrected chi connectivity index (χ0v) is 19.4. The van der Waals surface area contributed by atoms with E-state index in [2.05, 4.69) is 30.8 Å². The van der Waals surface area contributed by atoms with Crippen molar-refractivity contribution >= 4 is 28.0 Å². The maximum absolute atomic E-state index is 6.36. The number of nitrogens with zero attached hydrogens (tertiary/aromatic N) is 6. The Kier molecular flexibility index (Phi) is 4.86. The topological polar surface area (TPSA) is 118 Å². The highest BCUT2D eigenvalue weighted by molar-refractivity contribution is 6.08. The molecule has 0 radical (unpaired) electrons. The normalized spacial score (nSPS) is 11.1. The molecule has 0 fully saturated rings. The number of rotatable bonds is 4. The molecule has 0 aliphatic rings. The maximum Gasteiger partial charge on any atom is 0.322 e. The summed E-state index contributed by atoms with van der Waals surface area (Å²) in [5.41, 5.74) is 12.8. The number of oxazole rings is 1. The highest BCUT2D eigenvalue weighted by atomic mass is 16.5. The second-order valence-electron chi connectivity index (χ2n) is 8.19. The van der Waals surface area contributed by atoms with Gasteiger partial charge in [-0.05, 0) is 48.7 Å². The van der Waals surface area contributed by atoms with E-state index < -0.39 is 0 Å². The van der Waals surface area contributed by atoms with Crippen molar-refractivity contribution in [3.8, 4) is 46.5 Å². The van der Waals surface area contributed by atoms with Gasteiger partial charge in [-0.15, -0.1) is 6.42 Å². The van der Waals surface area contributed by atoms with Crippen molar-refractivity contribution in [1.82, 2.24) is 29.5 Å². The van der Waals surface area contributed by atoms with Gasteiger partial charge in [-0.2, -0.15) is 0 Å². The Morgan fingerprint density at radius 3 is 2.58 bits per heavy atom. The van der Waals surface area contributed by atoms with Gasteiger partial charge in [0.2, 0.25) is 0 Å². The zero-order valence-electron chi connectivity index (χ0n) is 19.4. The van der Waals surface area contributed by atoms with E-state index in [4.69, 9.17) is 21.3 Å². The van der Waals surface area contributed by atoms with E-state index in [1.807, 2.05) is 67.1 Å². The molecule has 0 aliphatic heterocycles. The summed E-state index contributed by atoms with van der Waals surface area (Å²) in [5, 5.41) is 0.757. The van der Waals surface area contributed by atoms with Gasteiger partial charge in [0.25, 0.3) is 5.89 Å². The molecule has 6 aromatic rings. The molecule has 4 aromatic heterocycles. The van der Waals surface area contributed by atoms with Crippen LogP contribution in [-0.2, 0) is 7.05 Å². The first-order valence-electron chi connectivity index (χ1n) is 11.1. The van der Waals surface area contributed by atoms with E-state index in [0.717, 1.165) is 33.5 Å². The van der Waals surface area contributed by atoms with Crippen molar-refractivity contribution in [3.05, 3.63) is 72.6 Å². The van der Waals surface area contributed by atoms with E-state index in [-0.39, 0.29) is 11.9 Å². The Labute approximate surface area is 205 Å². The SMILES string of the molecule is C#Cc1nc2ccc(-c3c(-c4ccc(Oc5nccc(C)n5)cc4)c4c(N)ncnc4n3C)cc2o1. The maximum atomic E-state index is 6.36. The fraction of sp³-hybridized carbons (Fsp3) is 0.0741. The van der Waals surface area contributed by atoms with Gasteiger partial charge in [0.05, 0.1) is 11.1 Å². The summed E-state index contributed by atoms with van der Waals surface area (Å²) in [6, 6.07) is 15.5. The zero-order chi connectivity index (χ0) is 24.8. The molecule has 0 amide bonds. The van der Waals surface area contributed by atoms with Crippen molar-refractivity contribution < 1.29 is 9.15 Å². The number of hydrogen-bond donors (Lipinski definition) is 1. The summed E-state index contributed by atoms with van der Waals surface area (Å²) in [6.45, 7) is 1.88. The minimum atomic E-state index is 0.239. The highest BCUT2D eigenvalue weighted by Gasteiger charge is 2.22. The van der Waals surface area contributed by atoms with Gasteiger partial charge in [0, 0.05) is 30.1 Å². The van der Waals surface area contributed by atoms with Crippen LogP contribution < -0.4 is 10.5 Å². The van der Waals surface area contributed by atoms with Crippen LogP contribution in [-0.4, -0.2) is 29.5 Å². The lowest BCUT2D eigenvalue weighted by molar-refractivity contribution is 0.440. The standard InChI is InChI=1S/C27H19N7O2/c1-4-21-33-19-10-7-17(13-20(19)36-21)24-22(23-25(28)30-14-31-26(23)34(24)3)16-5-8-18(9-6-16)35-27-29-12-11-15(2)32-27/h1,5-14H,2-3H3,(H2,28,30,31). The molecule has 0 atom stereocenters. The molecule has 0 saturated carbocycles. The molecule has 2 aromatic carbocycles. The third kappa shape index (κ3) is 3.49. The summed E-state index contributed by atoms with van der Waals surface area (Å²) in [5.74, 6) is 3.68. The molecule has 0 saturated heterocycles. The van der Waals surface area contributed by atoms with Crippen LogP contribution in [0.2, 0.25) is 0 Å². The molecule has 0 aliphatic carbocycles. The smallest absolute Gasteiger partial charge is 0.322 e. The lowest BCUT2D eigenvalue weighted by atomic mass is 9.98. The van der Waals surface area contributed by atoms with E-state index in [9.17, 15) is 0 Å². The Morgan fingerprint density at radius 2 is 1.81 bits per heavy atom. The van der Waals surface area contributed by atoms with Crippen LogP contribution >= 0.6 is 0 Å². The van der Waals surface area contributed by atoms with Gasteiger partial charge in [0.15, 0.2) is 5.58 Å². The van der Waals surface area contributed by atoms with Gasteiger partial charge in [-0.1, -0.05) is 18.2 Å². The molecule has 2 N–H and O–H groups in total. The average molecular weight is 473 g/mol. The number of fused-ring (bicyclic) bond motifs is 2. The van der Waals surface area contributed by atoms with Crippen LogP contribution in [0.5, 0.6) is 11.8 Å². The van der Waals surface area contributed by atoms with Crippen molar-refractivity contribution in [2.45, 2.75) is 6.92 Å². The number of nitrogen functional groups attached to an aromatic ring is 1. The monoisotopic (exact) mass is 473 g/mol. The largest absolute Gasteiger partial charge is 0.430 e. The average Bonchev–Trinajstić information content (AvgIpc) is 3.43. The molecule has 9 heteroatoms. The Hall–Kier alpha value is -5.23. The highest BCUT2D eigenvalue weighted by Crippen LogP contribution is 2.42. The summed E-state index contributed by atoms with van der Waals surface area (Å²) in [7, 11) is 1.94. The summed E-state index contributed by atoms with van der Waals surface area (Å²) >= 11 is 0. The minimum absolute atomic E-state index is 0.239. The van der Waals surface area contributed by atoms with Crippen LogP contribution in [0.4, 0.5) is 5.82 Å². The Morgan fingerprint density at radius 1 is 1.00 bits per heavy atom. The number of aryl methyl sites for hydroxylation is 2. The van der Waals surface area contributed by atoms with Gasteiger partial charge in [-0.25, -0.2) is 24.9 Å². The lowest BCUT2D eigenvalue weighted by Gasteiger charge is -2.10. The molecule has 6 rings (SSSR count). The van der Waals surface area contributed by atoms with Crippen molar-refractivity contribution in [2.24, 2.45) is 7.05 Å². The number of nitrogens with two attached hydrogens (primary N) is 1. The molecular weight excluding hydrogens is 454 g/mol. The number of hydrogen-bond acceptors (Lipinski definition) is 8. The molecule has 36 heavy (non-hydrogen) atoms. The van der Waals surface area contributed by atoms with Gasteiger partial charge in [0.1, 0.15) is 29.1 Å². The number of terminal acetylenes is 1. The van der Waals surface area contributed by atoms with Gasteiger partial charge < -0.3 is 19.5 Å². The van der Waals surface area contributed by atoms with E-state index >= 15 is 0 Å². The third-order valence-electron chi connectivity index (χ3n) is 5.91. The van der Waals surface area contributed by atoms with Crippen LogP contribution in [0.3, 0.4) is 0 Å². The Bertz CT molecular complexity index is 1810. The summed E-state index contributed by atoms with van der Waals surface area (Å²) < 4.78 is 13.5. The number of benzene rings is 2. The second-order valence-corrected chi connectivity index (χ2v) is 8.19. The predicted octanol–water partition coefficient (Wildman–Crippen LogP) is 4.90. The molecular formula is C27H19N7O2. The summed E-state index contributed by atoms with van der Waals surface area (Å²) in [6.07, 6.45) is 8.59. The van der Waals surface area contributed by atoms with Gasteiger partial charge >= 0.3 is 6.01 Å². The van der Waals surface area contributed by atoms with Crippen LogP contribution in [0.1, 0.15) is 11.6 Å². The molecule has 0 spiro atoms. The van der Waals surface area contributed by atoms with Gasteiger partial charge in [-0.3, -0.25) is 0 Å². The number of aromatic nitrogens is 6. The van der Waals surface area contributed by atoms with Crippen LogP contribution in [0.25, 0.3) is 44.5 Å². The number of anilines is 1. The minimum Gasteiger partial charge on any atom is -0.430 e. The van der Waals surface area contributed by atoms with Crippen molar-refractivity contribution in [3.63, 3.8) is 0 Å². The Balaban J connectivity index is 1.51. The summed E-state index contributed by atoms with van der Waals surface area (Å²) in [4.78, 5) is 21.5. The first-order chi connectivity index (χ1) is 17.5. The third-order valence-corrected chi connectivity index (χ3v) is 5.91. The first kappa shape index (κ1) is 21.3. The number of ether oxygens (including phenoxy) is 1. The molecule has 0 unspecified atom stereocenters. The fourth-order valence-electron chi connectivity index (χ4n) is 4.30. The molecule has 4 heterocycles. The first-order valence-corrected chi connectivity index (χ1v) is 11.1. The lowest BCUT2D eigenvalue weighted by Crippen LogP contribution is -1.95. The van der Waals surface area contributed by atoms with E-state index in [1.54, 1.807) is 6.20 Å². The quantitative estimate of drug-likeness (QED) is 0.359. The van der Waals surface area contributed by atoms with Crippen molar-refractivity contribution in [2.75, 3.05) is 5.73 Å². The van der Waals surface area contributed by atoms with E-state index in [0.29, 0.717) is 28.3 Å².